The molecule has 1 atom stereocenters. The highest BCUT2D eigenvalue weighted by Crippen LogP contribution is 2.33. The summed E-state index contributed by atoms with van der Waals surface area (Å²) in [5, 5.41) is 7.17. The van der Waals surface area contributed by atoms with E-state index in [0.29, 0.717) is 16.5 Å². The molecule has 1 aliphatic heterocycles. The van der Waals surface area contributed by atoms with Crippen molar-refractivity contribution >= 4 is 23.3 Å². The van der Waals surface area contributed by atoms with Crippen molar-refractivity contribution < 1.29 is 4.79 Å². The molecule has 0 aliphatic carbocycles. The van der Waals surface area contributed by atoms with Gasteiger partial charge in [-0.25, -0.2) is 0 Å². The first kappa shape index (κ1) is 13.0. The van der Waals surface area contributed by atoms with E-state index < -0.39 is 0 Å². The number of nitrogens with zero attached hydrogens (tertiary/aromatic N) is 2. The molecule has 3 rings (SSSR count). The number of hydrogen-bond donors (Lipinski definition) is 2. The monoisotopic (exact) mass is 290 g/mol. The number of aromatic amines is 1. The minimum Gasteiger partial charge on any atom is -0.382 e. The number of halogens is 1. The molecule has 2 heterocycles. The molecule has 1 amide bonds. The SMILES string of the molecule is Nc1cc(C(=O)N2CCCC2c2cccc(Cl)c2)[nH]n1. The van der Waals surface area contributed by atoms with Crippen molar-refractivity contribution in [2.24, 2.45) is 0 Å². The Morgan fingerprint density at radius 1 is 1.45 bits per heavy atom. The van der Waals surface area contributed by atoms with Gasteiger partial charge >= 0.3 is 0 Å². The van der Waals surface area contributed by atoms with Gasteiger partial charge in [0.15, 0.2) is 0 Å². The smallest absolute Gasteiger partial charge is 0.272 e. The molecule has 0 spiro atoms. The lowest BCUT2D eigenvalue weighted by molar-refractivity contribution is 0.0729. The van der Waals surface area contributed by atoms with Crippen LogP contribution in [0.25, 0.3) is 0 Å². The second kappa shape index (κ2) is 5.17. The van der Waals surface area contributed by atoms with Crippen LogP contribution in [0.1, 0.15) is 34.9 Å². The van der Waals surface area contributed by atoms with Gasteiger partial charge in [0.2, 0.25) is 0 Å². The Bertz CT molecular complexity index is 640. The number of amides is 1. The number of nitrogen functional groups attached to an aromatic ring is 1. The molecule has 1 saturated heterocycles. The molecule has 1 unspecified atom stereocenters. The summed E-state index contributed by atoms with van der Waals surface area (Å²) in [7, 11) is 0. The number of carbonyl (C=O) groups is 1. The summed E-state index contributed by atoms with van der Waals surface area (Å²) in [6.07, 6.45) is 1.92. The lowest BCUT2D eigenvalue weighted by Gasteiger charge is -2.24. The number of likely N-dealkylation sites (tertiary alicyclic amines) is 1. The molecule has 6 heteroatoms. The number of aromatic nitrogens is 2. The van der Waals surface area contributed by atoms with Crippen LogP contribution in [-0.4, -0.2) is 27.5 Å². The molecule has 1 aliphatic rings. The predicted molar refractivity (Wildman–Crippen MR) is 77.5 cm³/mol. The van der Waals surface area contributed by atoms with Gasteiger partial charge in [-0.1, -0.05) is 23.7 Å². The van der Waals surface area contributed by atoms with E-state index in [1.807, 2.05) is 29.2 Å². The highest BCUT2D eigenvalue weighted by Gasteiger charge is 2.31. The molecule has 3 N–H and O–H groups in total. The summed E-state index contributed by atoms with van der Waals surface area (Å²) >= 11 is 6.03. The molecule has 1 aromatic heterocycles. The van der Waals surface area contributed by atoms with Gasteiger partial charge in [0.05, 0.1) is 6.04 Å². The number of H-pyrrole nitrogens is 1. The normalized spacial score (nSPS) is 18.4. The summed E-state index contributed by atoms with van der Waals surface area (Å²) in [6, 6.07) is 9.29. The first-order chi connectivity index (χ1) is 9.65. The fraction of sp³-hybridized carbons (Fsp3) is 0.286. The lowest BCUT2D eigenvalue weighted by Crippen LogP contribution is -2.30. The first-order valence-electron chi connectivity index (χ1n) is 6.52. The van der Waals surface area contributed by atoms with Crippen molar-refractivity contribution in [2.45, 2.75) is 18.9 Å². The van der Waals surface area contributed by atoms with E-state index in [9.17, 15) is 4.79 Å². The Balaban J connectivity index is 1.87. The Hall–Kier alpha value is -2.01. The van der Waals surface area contributed by atoms with Gasteiger partial charge in [-0.3, -0.25) is 9.89 Å². The van der Waals surface area contributed by atoms with Crippen LogP contribution in [0.5, 0.6) is 0 Å². The van der Waals surface area contributed by atoms with E-state index in [0.717, 1.165) is 24.9 Å². The Labute approximate surface area is 121 Å². The second-order valence-electron chi connectivity index (χ2n) is 4.92. The minimum atomic E-state index is -0.0725. The molecular weight excluding hydrogens is 276 g/mol. The van der Waals surface area contributed by atoms with Gasteiger partial charge in [0.1, 0.15) is 11.5 Å². The zero-order valence-corrected chi connectivity index (χ0v) is 11.6. The van der Waals surface area contributed by atoms with E-state index in [1.54, 1.807) is 6.07 Å². The summed E-state index contributed by atoms with van der Waals surface area (Å²) in [5.74, 6) is 0.253. The minimum absolute atomic E-state index is 0.0609. The number of anilines is 1. The van der Waals surface area contributed by atoms with Gasteiger partial charge in [0, 0.05) is 17.6 Å². The summed E-state index contributed by atoms with van der Waals surface area (Å²) < 4.78 is 0. The first-order valence-corrected chi connectivity index (χ1v) is 6.90. The van der Waals surface area contributed by atoms with Crippen LogP contribution in [0.4, 0.5) is 5.82 Å². The van der Waals surface area contributed by atoms with E-state index in [4.69, 9.17) is 17.3 Å². The van der Waals surface area contributed by atoms with Crippen molar-refractivity contribution in [3.63, 3.8) is 0 Å². The van der Waals surface area contributed by atoms with Crippen LogP contribution in [0.2, 0.25) is 5.02 Å². The maximum absolute atomic E-state index is 12.5. The molecule has 5 nitrogen and oxygen atoms in total. The largest absolute Gasteiger partial charge is 0.382 e. The van der Waals surface area contributed by atoms with Gasteiger partial charge in [-0.2, -0.15) is 5.10 Å². The molecule has 104 valence electrons. The third kappa shape index (κ3) is 2.36. The van der Waals surface area contributed by atoms with Crippen molar-refractivity contribution in [1.82, 2.24) is 15.1 Å². The number of nitrogens with one attached hydrogen (secondary N) is 1. The van der Waals surface area contributed by atoms with E-state index >= 15 is 0 Å². The summed E-state index contributed by atoms with van der Waals surface area (Å²) in [6.45, 7) is 0.731. The number of carbonyl (C=O) groups excluding carboxylic acids is 1. The van der Waals surface area contributed by atoms with Crippen LogP contribution in [0, 0.1) is 0 Å². The molecule has 1 aromatic carbocycles. The maximum Gasteiger partial charge on any atom is 0.272 e. The highest BCUT2D eigenvalue weighted by molar-refractivity contribution is 6.30. The Morgan fingerprint density at radius 3 is 3.00 bits per heavy atom. The summed E-state index contributed by atoms with van der Waals surface area (Å²) in [4.78, 5) is 14.3. The zero-order chi connectivity index (χ0) is 14.1. The maximum atomic E-state index is 12.5. The third-order valence-corrected chi connectivity index (χ3v) is 3.81. The van der Waals surface area contributed by atoms with E-state index in [1.165, 1.54) is 0 Å². The van der Waals surface area contributed by atoms with Crippen molar-refractivity contribution in [3.05, 3.63) is 46.6 Å². The zero-order valence-electron chi connectivity index (χ0n) is 10.8. The van der Waals surface area contributed by atoms with Crippen LogP contribution in [0.15, 0.2) is 30.3 Å². The van der Waals surface area contributed by atoms with Gasteiger partial charge in [-0.05, 0) is 30.5 Å². The average molecular weight is 291 g/mol. The Kier molecular flexibility index (Phi) is 3.36. The molecule has 2 aromatic rings. The van der Waals surface area contributed by atoms with Crippen molar-refractivity contribution in [1.29, 1.82) is 0 Å². The van der Waals surface area contributed by atoms with Gasteiger partial charge in [0.25, 0.3) is 5.91 Å². The molecule has 20 heavy (non-hydrogen) atoms. The van der Waals surface area contributed by atoms with Crippen molar-refractivity contribution in [2.75, 3.05) is 12.3 Å². The van der Waals surface area contributed by atoms with Gasteiger partial charge in [-0.15, -0.1) is 0 Å². The Morgan fingerprint density at radius 2 is 2.30 bits per heavy atom. The average Bonchev–Trinajstić information content (AvgIpc) is 3.06. The molecule has 0 bridgehead atoms. The number of benzene rings is 1. The van der Waals surface area contributed by atoms with Crippen LogP contribution in [0.3, 0.4) is 0 Å². The highest BCUT2D eigenvalue weighted by atomic mass is 35.5. The summed E-state index contributed by atoms with van der Waals surface area (Å²) in [5.41, 5.74) is 7.04. The second-order valence-corrected chi connectivity index (χ2v) is 5.35. The third-order valence-electron chi connectivity index (χ3n) is 3.58. The number of rotatable bonds is 2. The van der Waals surface area contributed by atoms with Crippen LogP contribution < -0.4 is 5.73 Å². The number of nitrogens with two attached hydrogens (primary N) is 1. The van der Waals surface area contributed by atoms with Crippen LogP contribution in [-0.2, 0) is 0 Å². The molecule has 0 saturated carbocycles. The fourth-order valence-electron chi connectivity index (χ4n) is 2.67. The van der Waals surface area contributed by atoms with Gasteiger partial charge < -0.3 is 10.6 Å². The predicted octanol–water partition coefficient (Wildman–Crippen LogP) is 2.62. The quantitative estimate of drug-likeness (QED) is 0.893. The molecular formula is C14H15ClN4O. The number of hydrogen-bond acceptors (Lipinski definition) is 3. The van der Waals surface area contributed by atoms with E-state index in [-0.39, 0.29) is 11.9 Å². The van der Waals surface area contributed by atoms with Crippen LogP contribution >= 0.6 is 11.6 Å². The van der Waals surface area contributed by atoms with Crippen molar-refractivity contribution in [3.8, 4) is 0 Å². The standard InChI is InChI=1S/C14H15ClN4O/c15-10-4-1-3-9(7-10)12-5-2-6-19(12)14(20)11-8-13(16)18-17-11/h1,3-4,7-8,12H,2,5-6H2,(H3,16,17,18). The van der Waals surface area contributed by atoms with E-state index in [2.05, 4.69) is 10.2 Å². The lowest BCUT2D eigenvalue weighted by atomic mass is 10.0. The fourth-order valence-corrected chi connectivity index (χ4v) is 2.87. The molecule has 1 fully saturated rings. The topological polar surface area (TPSA) is 75.0 Å². The molecule has 0 radical (unpaired) electrons.